The highest BCUT2D eigenvalue weighted by molar-refractivity contribution is 5.84. The lowest BCUT2D eigenvalue weighted by Gasteiger charge is -2.24. The highest BCUT2D eigenvalue weighted by atomic mass is 19.4. The van der Waals surface area contributed by atoms with Crippen LogP contribution in [0.3, 0.4) is 0 Å². The van der Waals surface area contributed by atoms with E-state index < -0.39 is 17.2 Å². The highest BCUT2D eigenvalue weighted by Crippen LogP contribution is 2.29. The SMILES string of the molecule is CCNC(=NCc1ccc(C(F)(F)F)cc1)NCC(C)(C)C(=O)NC. The predicted molar refractivity (Wildman–Crippen MR) is 92.1 cm³/mol. The van der Waals surface area contributed by atoms with E-state index >= 15 is 0 Å². The van der Waals surface area contributed by atoms with E-state index in [2.05, 4.69) is 20.9 Å². The summed E-state index contributed by atoms with van der Waals surface area (Å²) in [6, 6.07) is 4.90. The van der Waals surface area contributed by atoms with Crippen LogP contribution in [-0.2, 0) is 17.5 Å². The van der Waals surface area contributed by atoms with Crippen molar-refractivity contribution < 1.29 is 18.0 Å². The zero-order valence-electron chi connectivity index (χ0n) is 14.9. The van der Waals surface area contributed by atoms with Crippen molar-refractivity contribution in [2.24, 2.45) is 10.4 Å². The number of amides is 1. The van der Waals surface area contributed by atoms with Gasteiger partial charge >= 0.3 is 6.18 Å². The van der Waals surface area contributed by atoms with Gasteiger partial charge < -0.3 is 16.0 Å². The number of guanidine groups is 1. The van der Waals surface area contributed by atoms with Crippen molar-refractivity contribution in [3.05, 3.63) is 35.4 Å². The Morgan fingerprint density at radius 1 is 1.12 bits per heavy atom. The molecule has 1 amide bonds. The zero-order valence-corrected chi connectivity index (χ0v) is 14.9. The van der Waals surface area contributed by atoms with E-state index in [-0.39, 0.29) is 12.5 Å². The van der Waals surface area contributed by atoms with Crippen LogP contribution in [0.4, 0.5) is 13.2 Å². The molecule has 0 saturated heterocycles. The molecule has 0 atom stereocenters. The summed E-state index contributed by atoms with van der Waals surface area (Å²) in [5, 5.41) is 8.73. The standard InChI is InChI=1S/C17H25F3N4O/c1-5-22-15(24-11-16(2,3)14(25)21-4)23-10-12-6-8-13(9-7-12)17(18,19)20/h6-9H,5,10-11H2,1-4H3,(H,21,25)(H2,22,23,24). The van der Waals surface area contributed by atoms with Crippen molar-refractivity contribution in [1.29, 1.82) is 0 Å². The number of halogens is 3. The van der Waals surface area contributed by atoms with Gasteiger partial charge in [-0.15, -0.1) is 0 Å². The van der Waals surface area contributed by atoms with E-state index in [1.165, 1.54) is 12.1 Å². The third-order valence-corrected chi connectivity index (χ3v) is 3.58. The van der Waals surface area contributed by atoms with Crippen LogP contribution in [0.1, 0.15) is 31.9 Å². The number of carbonyl (C=O) groups excluding carboxylic acids is 1. The number of nitrogens with zero attached hydrogens (tertiary/aromatic N) is 1. The molecule has 0 aliphatic heterocycles. The molecule has 0 unspecified atom stereocenters. The number of aliphatic imine (C=N–C) groups is 1. The number of carbonyl (C=O) groups is 1. The van der Waals surface area contributed by atoms with E-state index in [0.29, 0.717) is 24.6 Å². The van der Waals surface area contributed by atoms with Crippen molar-refractivity contribution in [2.75, 3.05) is 20.1 Å². The normalized spacial score (nSPS) is 12.7. The summed E-state index contributed by atoms with van der Waals surface area (Å²) in [7, 11) is 1.58. The molecule has 0 aromatic heterocycles. The average Bonchev–Trinajstić information content (AvgIpc) is 2.56. The Labute approximate surface area is 146 Å². The maximum absolute atomic E-state index is 12.6. The van der Waals surface area contributed by atoms with Crippen molar-refractivity contribution >= 4 is 11.9 Å². The number of hydrogen-bond donors (Lipinski definition) is 3. The van der Waals surface area contributed by atoms with Crippen LogP contribution >= 0.6 is 0 Å². The molecule has 0 aliphatic rings. The van der Waals surface area contributed by atoms with E-state index in [9.17, 15) is 18.0 Å². The molecular formula is C17H25F3N4O. The van der Waals surface area contributed by atoms with Crippen molar-refractivity contribution in [3.8, 4) is 0 Å². The first-order valence-electron chi connectivity index (χ1n) is 8.00. The van der Waals surface area contributed by atoms with E-state index in [1.54, 1.807) is 20.9 Å². The second kappa shape index (κ2) is 8.73. The first kappa shape index (κ1) is 20.8. The Balaban J connectivity index is 2.74. The van der Waals surface area contributed by atoms with Crippen LogP contribution in [0.5, 0.6) is 0 Å². The lowest BCUT2D eigenvalue weighted by atomic mass is 9.92. The number of rotatable bonds is 6. The van der Waals surface area contributed by atoms with E-state index in [0.717, 1.165) is 12.1 Å². The Morgan fingerprint density at radius 2 is 1.72 bits per heavy atom. The fraction of sp³-hybridized carbons (Fsp3) is 0.529. The van der Waals surface area contributed by atoms with Gasteiger partial charge in [-0.05, 0) is 38.5 Å². The van der Waals surface area contributed by atoms with Gasteiger partial charge in [-0.2, -0.15) is 13.2 Å². The Bertz CT molecular complexity index is 595. The summed E-state index contributed by atoms with van der Waals surface area (Å²) in [5.41, 5.74) is -0.646. The Morgan fingerprint density at radius 3 is 2.20 bits per heavy atom. The average molecular weight is 358 g/mol. The van der Waals surface area contributed by atoms with Crippen LogP contribution < -0.4 is 16.0 Å². The fourth-order valence-corrected chi connectivity index (χ4v) is 2.03. The van der Waals surface area contributed by atoms with Crippen LogP contribution in [-0.4, -0.2) is 32.0 Å². The largest absolute Gasteiger partial charge is 0.416 e. The van der Waals surface area contributed by atoms with Crippen LogP contribution in [0.2, 0.25) is 0 Å². The number of nitrogens with one attached hydrogen (secondary N) is 3. The quantitative estimate of drug-likeness (QED) is 0.541. The van der Waals surface area contributed by atoms with Crippen LogP contribution in [0, 0.1) is 5.41 Å². The summed E-state index contributed by atoms with van der Waals surface area (Å²) in [6.45, 7) is 6.73. The molecule has 0 radical (unpaired) electrons. The minimum absolute atomic E-state index is 0.0985. The minimum Gasteiger partial charge on any atom is -0.359 e. The fourth-order valence-electron chi connectivity index (χ4n) is 2.03. The first-order chi connectivity index (χ1) is 11.6. The number of benzene rings is 1. The molecule has 3 N–H and O–H groups in total. The van der Waals surface area contributed by atoms with Gasteiger partial charge in [-0.3, -0.25) is 4.79 Å². The monoisotopic (exact) mass is 358 g/mol. The molecule has 0 spiro atoms. The zero-order chi connectivity index (χ0) is 19.1. The Hall–Kier alpha value is -2.25. The molecule has 140 valence electrons. The molecule has 0 bridgehead atoms. The number of alkyl halides is 3. The lowest BCUT2D eigenvalue weighted by Crippen LogP contribution is -2.47. The third kappa shape index (κ3) is 6.64. The van der Waals surface area contributed by atoms with Crippen molar-refractivity contribution in [1.82, 2.24) is 16.0 Å². The number of hydrogen-bond acceptors (Lipinski definition) is 2. The van der Waals surface area contributed by atoms with Gasteiger partial charge in [-0.1, -0.05) is 12.1 Å². The molecule has 0 heterocycles. The van der Waals surface area contributed by atoms with Crippen LogP contribution in [0.15, 0.2) is 29.3 Å². The summed E-state index contributed by atoms with van der Waals surface area (Å²) in [5.74, 6) is 0.401. The van der Waals surface area contributed by atoms with Crippen LogP contribution in [0.25, 0.3) is 0 Å². The van der Waals surface area contributed by atoms with Crippen molar-refractivity contribution in [3.63, 3.8) is 0 Å². The second-order valence-electron chi connectivity index (χ2n) is 6.21. The summed E-state index contributed by atoms with van der Waals surface area (Å²) < 4.78 is 37.7. The highest BCUT2D eigenvalue weighted by Gasteiger charge is 2.30. The molecule has 1 aromatic rings. The third-order valence-electron chi connectivity index (χ3n) is 3.58. The molecule has 0 saturated carbocycles. The van der Waals surface area contributed by atoms with Gasteiger partial charge in [-0.25, -0.2) is 4.99 Å². The van der Waals surface area contributed by atoms with Gasteiger partial charge in [0.05, 0.1) is 17.5 Å². The molecule has 8 heteroatoms. The van der Waals surface area contributed by atoms with Gasteiger partial charge in [0.15, 0.2) is 5.96 Å². The van der Waals surface area contributed by atoms with Gasteiger partial charge in [0.1, 0.15) is 0 Å². The second-order valence-corrected chi connectivity index (χ2v) is 6.21. The van der Waals surface area contributed by atoms with Gasteiger partial charge in [0.25, 0.3) is 0 Å². The molecule has 0 aliphatic carbocycles. The summed E-state index contributed by atoms with van der Waals surface area (Å²) in [6.07, 6.45) is -4.34. The summed E-state index contributed by atoms with van der Waals surface area (Å²) >= 11 is 0. The molecule has 25 heavy (non-hydrogen) atoms. The lowest BCUT2D eigenvalue weighted by molar-refractivity contribution is -0.137. The van der Waals surface area contributed by atoms with Gasteiger partial charge in [0.2, 0.25) is 5.91 Å². The van der Waals surface area contributed by atoms with E-state index in [4.69, 9.17) is 0 Å². The first-order valence-corrected chi connectivity index (χ1v) is 8.00. The Kier molecular flexibility index (Phi) is 7.26. The topological polar surface area (TPSA) is 65.5 Å². The molecular weight excluding hydrogens is 333 g/mol. The molecule has 1 rings (SSSR count). The maximum Gasteiger partial charge on any atom is 0.416 e. The van der Waals surface area contributed by atoms with E-state index in [1.807, 2.05) is 6.92 Å². The van der Waals surface area contributed by atoms with Crippen molar-refractivity contribution in [2.45, 2.75) is 33.5 Å². The maximum atomic E-state index is 12.6. The smallest absolute Gasteiger partial charge is 0.359 e. The molecule has 0 fully saturated rings. The van der Waals surface area contributed by atoms with Gasteiger partial charge in [0, 0.05) is 20.1 Å². The minimum atomic E-state index is -4.34. The molecule has 5 nitrogen and oxygen atoms in total. The summed E-state index contributed by atoms with van der Waals surface area (Å²) in [4.78, 5) is 16.1. The molecule has 1 aromatic carbocycles. The predicted octanol–water partition coefficient (Wildman–Crippen LogP) is 2.53.